The highest BCUT2D eigenvalue weighted by molar-refractivity contribution is 5.99. The Labute approximate surface area is 164 Å². The van der Waals surface area contributed by atoms with Gasteiger partial charge in [-0.3, -0.25) is 19.2 Å². The van der Waals surface area contributed by atoms with Gasteiger partial charge in [-0.15, -0.1) is 0 Å². The van der Waals surface area contributed by atoms with E-state index in [0.717, 1.165) is 6.42 Å². The molecule has 1 heterocycles. The van der Waals surface area contributed by atoms with Crippen LogP contribution in [0, 0.1) is 5.41 Å². The molecule has 0 aromatic heterocycles. The highest BCUT2D eigenvalue weighted by atomic mass is 16.4. The van der Waals surface area contributed by atoms with Crippen molar-refractivity contribution in [2.75, 3.05) is 18.4 Å². The van der Waals surface area contributed by atoms with Crippen LogP contribution in [0.1, 0.15) is 50.4 Å². The Morgan fingerprint density at radius 1 is 1.14 bits per heavy atom. The molecule has 1 aliphatic heterocycles. The summed E-state index contributed by atoms with van der Waals surface area (Å²) in [5.41, 5.74) is 0.662. The van der Waals surface area contributed by atoms with Crippen LogP contribution in [0.5, 0.6) is 0 Å². The van der Waals surface area contributed by atoms with Gasteiger partial charge in [-0.1, -0.05) is 20.8 Å². The summed E-state index contributed by atoms with van der Waals surface area (Å²) in [4.78, 5) is 49.1. The van der Waals surface area contributed by atoms with E-state index < -0.39 is 24.5 Å². The molecule has 1 aromatic carbocycles. The van der Waals surface area contributed by atoms with Crippen molar-refractivity contribution in [3.05, 3.63) is 29.8 Å². The van der Waals surface area contributed by atoms with E-state index in [9.17, 15) is 19.2 Å². The molecule has 1 fully saturated rings. The molecule has 2 rings (SSSR count). The van der Waals surface area contributed by atoms with E-state index in [0.29, 0.717) is 30.6 Å². The number of aliphatic carboxylic acids is 1. The van der Waals surface area contributed by atoms with Crippen LogP contribution in [0.3, 0.4) is 0 Å². The predicted octanol–water partition coefficient (Wildman–Crippen LogP) is 1.87. The van der Waals surface area contributed by atoms with Gasteiger partial charge in [-0.25, -0.2) is 0 Å². The van der Waals surface area contributed by atoms with Crippen LogP contribution in [-0.2, 0) is 14.4 Å². The smallest absolute Gasteiger partial charge is 0.322 e. The third-order valence-electron chi connectivity index (χ3n) is 4.37. The first-order chi connectivity index (χ1) is 13.1. The van der Waals surface area contributed by atoms with E-state index in [1.165, 1.54) is 12.1 Å². The van der Waals surface area contributed by atoms with Gasteiger partial charge >= 0.3 is 5.97 Å². The normalized spacial score (nSPS) is 16.5. The van der Waals surface area contributed by atoms with Crippen LogP contribution in [0.25, 0.3) is 0 Å². The number of carbonyl (C=O) groups excluding carboxylic acids is 3. The Morgan fingerprint density at radius 2 is 1.79 bits per heavy atom. The lowest BCUT2D eigenvalue weighted by Crippen LogP contribution is -2.44. The van der Waals surface area contributed by atoms with Crippen LogP contribution in [0.2, 0.25) is 0 Å². The fraction of sp³-hybridized carbons (Fsp3) is 0.500. The third kappa shape index (κ3) is 6.07. The lowest BCUT2D eigenvalue weighted by atomic mass is 9.91. The SMILES string of the molecule is CC(C)(C)CC(=O)N1CCCC1C(=O)Nc1ccc(C(=O)NCC(=O)O)cc1. The number of hydrogen-bond acceptors (Lipinski definition) is 4. The molecule has 1 unspecified atom stereocenters. The Kier molecular flexibility index (Phi) is 6.77. The number of nitrogens with zero attached hydrogens (tertiary/aromatic N) is 1. The minimum absolute atomic E-state index is 0.0180. The second-order valence-electron chi connectivity index (χ2n) is 8.13. The number of rotatable bonds is 6. The van der Waals surface area contributed by atoms with Gasteiger partial charge in [-0.2, -0.15) is 0 Å². The molecule has 0 radical (unpaired) electrons. The minimum atomic E-state index is -1.13. The number of anilines is 1. The Morgan fingerprint density at radius 3 is 2.36 bits per heavy atom. The maximum atomic E-state index is 12.6. The van der Waals surface area contributed by atoms with Gasteiger partial charge in [0.25, 0.3) is 5.91 Å². The summed E-state index contributed by atoms with van der Waals surface area (Å²) in [6.45, 7) is 6.09. The number of amides is 3. The number of hydrogen-bond donors (Lipinski definition) is 3. The van der Waals surface area contributed by atoms with Gasteiger partial charge in [0.15, 0.2) is 0 Å². The van der Waals surface area contributed by atoms with Gasteiger partial charge < -0.3 is 20.6 Å². The van der Waals surface area contributed by atoms with Crippen molar-refractivity contribution in [2.24, 2.45) is 5.41 Å². The van der Waals surface area contributed by atoms with Gasteiger partial charge in [0.05, 0.1) is 0 Å². The van der Waals surface area contributed by atoms with Gasteiger partial charge in [0.2, 0.25) is 11.8 Å². The van der Waals surface area contributed by atoms with Crippen LogP contribution in [0.4, 0.5) is 5.69 Å². The molecule has 8 nitrogen and oxygen atoms in total. The van der Waals surface area contributed by atoms with Crippen molar-refractivity contribution < 1.29 is 24.3 Å². The van der Waals surface area contributed by atoms with Crippen LogP contribution < -0.4 is 10.6 Å². The third-order valence-corrected chi connectivity index (χ3v) is 4.37. The van der Waals surface area contributed by atoms with Crippen molar-refractivity contribution in [3.63, 3.8) is 0 Å². The molecule has 3 amide bonds. The quantitative estimate of drug-likeness (QED) is 0.687. The second kappa shape index (κ2) is 8.86. The topological polar surface area (TPSA) is 116 Å². The number of carboxylic acid groups (broad SMARTS) is 1. The summed E-state index contributed by atoms with van der Waals surface area (Å²) in [5.74, 6) is -1.90. The fourth-order valence-corrected chi connectivity index (χ4v) is 3.08. The molecule has 1 aromatic rings. The molecule has 3 N–H and O–H groups in total. The Bertz CT molecular complexity index is 752. The van der Waals surface area contributed by atoms with E-state index in [2.05, 4.69) is 10.6 Å². The lowest BCUT2D eigenvalue weighted by Gasteiger charge is -2.27. The highest BCUT2D eigenvalue weighted by Crippen LogP contribution is 2.25. The average Bonchev–Trinajstić information content (AvgIpc) is 3.09. The Hall–Kier alpha value is -2.90. The highest BCUT2D eigenvalue weighted by Gasteiger charge is 2.35. The maximum Gasteiger partial charge on any atom is 0.322 e. The summed E-state index contributed by atoms with van der Waals surface area (Å²) in [6, 6.07) is 5.66. The fourth-order valence-electron chi connectivity index (χ4n) is 3.08. The van der Waals surface area contributed by atoms with Crippen LogP contribution in [-0.4, -0.2) is 52.8 Å². The first-order valence-corrected chi connectivity index (χ1v) is 9.27. The molecule has 28 heavy (non-hydrogen) atoms. The number of carboxylic acids is 1. The van der Waals surface area contributed by atoms with Crippen molar-refractivity contribution in [1.82, 2.24) is 10.2 Å². The molecule has 1 atom stereocenters. The zero-order valence-corrected chi connectivity index (χ0v) is 16.4. The van der Waals surface area contributed by atoms with Crippen LogP contribution >= 0.6 is 0 Å². The van der Waals surface area contributed by atoms with Crippen LogP contribution in [0.15, 0.2) is 24.3 Å². The summed E-state index contributed by atoms with van der Waals surface area (Å²) in [7, 11) is 0. The van der Waals surface area contributed by atoms with Gasteiger partial charge in [0, 0.05) is 24.2 Å². The number of carbonyl (C=O) groups is 4. The molecule has 0 bridgehead atoms. The van der Waals surface area contributed by atoms with Crippen molar-refractivity contribution >= 4 is 29.4 Å². The number of nitrogens with one attached hydrogen (secondary N) is 2. The van der Waals surface area contributed by atoms with E-state index in [1.807, 2.05) is 20.8 Å². The molecule has 0 spiro atoms. The Balaban J connectivity index is 1.97. The van der Waals surface area contributed by atoms with E-state index in [1.54, 1.807) is 17.0 Å². The lowest BCUT2D eigenvalue weighted by molar-refractivity contribution is -0.138. The standard InChI is InChI=1S/C20H27N3O5/c1-20(2,3)11-16(24)23-10-4-5-15(23)19(28)22-14-8-6-13(7-9-14)18(27)21-12-17(25)26/h6-9,15H,4-5,10-12H2,1-3H3,(H,21,27)(H,22,28)(H,25,26). The number of benzene rings is 1. The molecule has 1 saturated heterocycles. The van der Waals surface area contributed by atoms with Gasteiger partial charge in [0.1, 0.15) is 12.6 Å². The summed E-state index contributed by atoms with van der Waals surface area (Å²) < 4.78 is 0. The van der Waals surface area contributed by atoms with Gasteiger partial charge in [-0.05, 0) is 42.5 Å². The zero-order chi connectivity index (χ0) is 20.9. The minimum Gasteiger partial charge on any atom is -0.480 e. The van der Waals surface area contributed by atoms with Crippen molar-refractivity contribution in [2.45, 2.75) is 46.1 Å². The van der Waals surface area contributed by atoms with E-state index in [4.69, 9.17) is 5.11 Å². The zero-order valence-electron chi connectivity index (χ0n) is 16.4. The monoisotopic (exact) mass is 389 g/mol. The predicted molar refractivity (Wildman–Crippen MR) is 104 cm³/mol. The second-order valence-corrected chi connectivity index (χ2v) is 8.13. The summed E-state index contributed by atoms with van der Waals surface area (Å²) >= 11 is 0. The summed E-state index contributed by atoms with van der Waals surface area (Å²) in [5, 5.41) is 13.6. The van der Waals surface area contributed by atoms with Crippen molar-refractivity contribution in [3.8, 4) is 0 Å². The first-order valence-electron chi connectivity index (χ1n) is 9.27. The maximum absolute atomic E-state index is 12.6. The first kappa shape index (κ1) is 21.4. The largest absolute Gasteiger partial charge is 0.480 e. The molecule has 0 saturated carbocycles. The molecule has 8 heteroatoms. The number of likely N-dealkylation sites (tertiary alicyclic amines) is 1. The molecule has 152 valence electrons. The molecule has 0 aliphatic carbocycles. The average molecular weight is 389 g/mol. The molecular formula is C20H27N3O5. The molecular weight excluding hydrogens is 362 g/mol. The van der Waals surface area contributed by atoms with E-state index >= 15 is 0 Å². The van der Waals surface area contributed by atoms with Crippen molar-refractivity contribution in [1.29, 1.82) is 0 Å². The molecule has 1 aliphatic rings. The summed E-state index contributed by atoms with van der Waals surface area (Å²) in [6.07, 6.45) is 1.80. The van der Waals surface area contributed by atoms with E-state index in [-0.39, 0.29) is 17.2 Å².